The summed E-state index contributed by atoms with van der Waals surface area (Å²) in [5.41, 5.74) is 4.18. The number of rotatable bonds is 3. The third kappa shape index (κ3) is 1.84. The van der Waals surface area contributed by atoms with Crippen LogP contribution in [0.4, 0.5) is 0 Å². The van der Waals surface area contributed by atoms with E-state index in [1.807, 2.05) is 18.3 Å². The van der Waals surface area contributed by atoms with E-state index in [-0.39, 0.29) is 6.79 Å². The van der Waals surface area contributed by atoms with Crippen molar-refractivity contribution in [3.05, 3.63) is 35.5 Å². The average Bonchev–Trinajstić information content (AvgIpc) is 3.29. The molecule has 1 aromatic heterocycles. The van der Waals surface area contributed by atoms with Gasteiger partial charge in [0, 0.05) is 23.4 Å². The van der Waals surface area contributed by atoms with Crippen molar-refractivity contribution in [2.24, 2.45) is 0 Å². The van der Waals surface area contributed by atoms with Gasteiger partial charge in [-0.05, 0) is 23.3 Å². The van der Waals surface area contributed by atoms with Gasteiger partial charge in [-0.1, -0.05) is 6.07 Å². The smallest absolute Gasteiger partial charge is 0.231 e. The fraction of sp³-hybridized carbons (Fsp3) is 0.250. The van der Waals surface area contributed by atoms with Crippen LogP contribution in [0.25, 0.3) is 22.0 Å². The summed E-state index contributed by atoms with van der Waals surface area (Å²) in [5.74, 6) is 3.39. The van der Waals surface area contributed by atoms with Crippen molar-refractivity contribution in [3.8, 4) is 40.0 Å². The molecule has 0 bridgehead atoms. The van der Waals surface area contributed by atoms with E-state index in [1.165, 1.54) is 5.56 Å². The van der Waals surface area contributed by atoms with Crippen LogP contribution in [0.3, 0.4) is 0 Å². The molecule has 0 saturated heterocycles. The summed E-state index contributed by atoms with van der Waals surface area (Å²) >= 11 is 0. The van der Waals surface area contributed by atoms with Gasteiger partial charge in [0.1, 0.15) is 0 Å². The maximum absolute atomic E-state index is 5.72. The van der Waals surface area contributed by atoms with E-state index in [1.54, 1.807) is 21.3 Å². The second-order valence-corrected chi connectivity index (χ2v) is 6.21. The molecule has 0 spiro atoms. The molecule has 5 rings (SSSR count). The second kappa shape index (κ2) is 5.42. The van der Waals surface area contributed by atoms with Gasteiger partial charge >= 0.3 is 0 Å². The normalized spacial score (nSPS) is 13.5. The summed E-state index contributed by atoms with van der Waals surface area (Å²) in [6.45, 7) is 0.239. The van der Waals surface area contributed by atoms with Crippen LogP contribution in [-0.2, 0) is 6.42 Å². The number of ether oxygens (including phenoxy) is 5. The quantitative estimate of drug-likeness (QED) is 0.562. The summed E-state index contributed by atoms with van der Waals surface area (Å²) in [5, 5.41) is 1.93. The fourth-order valence-corrected chi connectivity index (χ4v) is 3.92. The Morgan fingerprint density at radius 1 is 1.00 bits per heavy atom. The standard InChI is InChI=1S/C20H17NO5/c1-22-14-7-11-8-21-17-12(15(11)20(24-3)19(14)23-2)6-10-4-5-13-18(16(10)17)26-9-25-13/h4-5,7-8H,6,9H2,1-3H3. The molecular weight excluding hydrogens is 334 g/mol. The van der Waals surface area contributed by atoms with Gasteiger partial charge in [0.25, 0.3) is 0 Å². The van der Waals surface area contributed by atoms with Crippen LogP contribution in [0.2, 0.25) is 0 Å². The molecule has 0 amide bonds. The minimum absolute atomic E-state index is 0.239. The monoisotopic (exact) mass is 351 g/mol. The Balaban J connectivity index is 1.85. The maximum atomic E-state index is 5.72. The molecule has 0 N–H and O–H groups in total. The number of hydrogen-bond acceptors (Lipinski definition) is 6. The highest BCUT2D eigenvalue weighted by atomic mass is 16.7. The van der Waals surface area contributed by atoms with Crippen LogP contribution in [0.15, 0.2) is 24.4 Å². The van der Waals surface area contributed by atoms with Crippen molar-refractivity contribution in [3.63, 3.8) is 0 Å². The lowest BCUT2D eigenvalue weighted by Gasteiger charge is -2.16. The summed E-state index contributed by atoms with van der Waals surface area (Å²) in [4.78, 5) is 4.73. The molecule has 2 aliphatic rings. The van der Waals surface area contributed by atoms with E-state index >= 15 is 0 Å². The molecule has 6 nitrogen and oxygen atoms in total. The van der Waals surface area contributed by atoms with Gasteiger partial charge in [-0.2, -0.15) is 0 Å². The minimum Gasteiger partial charge on any atom is -0.493 e. The first kappa shape index (κ1) is 15.1. The Kier molecular flexibility index (Phi) is 3.16. The predicted molar refractivity (Wildman–Crippen MR) is 95.8 cm³/mol. The third-order valence-corrected chi connectivity index (χ3v) is 5.01. The first-order valence-corrected chi connectivity index (χ1v) is 8.29. The largest absolute Gasteiger partial charge is 0.493 e. The molecule has 1 aliphatic heterocycles. The zero-order chi connectivity index (χ0) is 17.8. The lowest BCUT2D eigenvalue weighted by molar-refractivity contribution is 0.174. The van der Waals surface area contributed by atoms with E-state index in [0.29, 0.717) is 17.2 Å². The van der Waals surface area contributed by atoms with Crippen molar-refractivity contribution in [2.45, 2.75) is 6.42 Å². The first-order chi connectivity index (χ1) is 12.8. The average molecular weight is 351 g/mol. The summed E-state index contributed by atoms with van der Waals surface area (Å²) < 4.78 is 28.0. The maximum Gasteiger partial charge on any atom is 0.231 e. The number of pyridine rings is 1. The van der Waals surface area contributed by atoms with Crippen LogP contribution in [0.5, 0.6) is 28.7 Å². The van der Waals surface area contributed by atoms with E-state index in [9.17, 15) is 0 Å². The lowest BCUT2D eigenvalue weighted by atomic mass is 10.0. The van der Waals surface area contributed by atoms with Crippen molar-refractivity contribution >= 4 is 10.8 Å². The molecule has 2 heterocycles. The van der Waals surface area contributed by atoms with Gasteiger partial charge in [-0.3, -0.25) is 4.98 Å². The Hall–Kier alpha value is -3.15. The van der Waals surface area contributed by atoms with Gasteiger partial charge in [-0.15, -0.1) is 0 Å². The zero-order valence-electron chi connectivity index (χ0n) is 14.7. The zero-order valence-corrected chi connectivity index (χ0v) is 14.7. The van der Waals surface area contributed by atoms with Gasteiger partial charge in [0.05, 0.1) is 32.6 Å². The molecule has 0 fully saturated rings. The Bertz CT molecular complexity index is 1060. The molecule has 3 aromatic rings. The molecule has 132 valence electrons. The van der Waals surface area contributed by atoms with Crippen LogP contribution in [0.1, 0.15) is 11.1 Å². The van der Waals surface area contributed by atoms with E-state index in [4.69, 9.17) is 28.7 Å². The highest BCUT2D eigenvalue weighted by Gasteiger charge is 2.32. The fourth-order valence-electron chi connectivity index (χ4n) is 3.92. The number of aromatic nitrogens is 1. The van der Waals surface area contributed by atoms with Crippen LogP contribution < -0.4 is 23.7 Å². The summed E-state index contributed by atoms with van der Waals surface area (Å²) in [7, 11) is 4.86. The Morgan fingerprint density at radius 3 is 2.62 bits per heavy atom. The number of fused-ring (bicyclic) bond motifs is 7. The topological polar surface area (TPSA) is 59.0 Å². The number of hydrogen-bond donors (Lipinski definition) is 0. The molecule has 0 unspecified atom stereocenters. The lowest BCUT2D eigenvalue weighted by Crippen LogP contribution is -1.98. The van der Waals surface area contributed by atoms with Gasteiger partial charge < -0.3 is 23.7 Å². The minimum atomic E-state index is 0.239. The van der Waals surface area contributed by atoms with Crippen molar-refractivity contribution in [1.29, 1.82) is 0 Å². The molecule has 0 saturated carbocycles. The number of methoxy groups -OCH3 is 3. The van der Waals surface area contributed by atoms with Gasteiger partial charge in [-0.25, -0.2) is 0 Å². The molecular formula is C20H17NO5. The SMILES string of the molecule is COc1cc2cnc3c(c2c(OC)c1OC)Cc1ccc2c(c1-3)OCO2. The Labute approximate surface area is 150 Å². The number of nitrogens with zero attached hydrogens (tertiary/aromatic N) is 1. The molecule has 1 aliphatic carbocycles. The van der Waals surface area contributed by atoms with Gasteiger partial charge in [0.2, 0.25) is 12.5 Å². The van der Waals surface area contributed by atoms with Crippen LogP contribution in [0, 0.1) is 0 Å². The van der Waals surface area contributed by atoms with E-state index in [2.05, 4.69) is 6.07 Å². The van der Waals surface area contributed by atoms with Gasteiger partial charge in [0.15, 0.2) is 23.0 Å². The molecule has 0 atom stereocenters. The van der Waals surface area contributed by atoms with Crippen LogP contribution >= 0.6 is 0 Å². The van der Waals surface area contributed by atoms with E-state index in [0.717, 1.165) is 45.5 Å². The highest BCUT2D eigenvalue weighted by molar-refractivity contribution is 6.01. The summed E-state index contributed by atoms with van der Waals surface area (Å²) in [6, 6.07) is 5.96. The molecule has 6 heteroatoms. The molecule has 26 heavy (non-hydrogen) atoms. The second-order valence-electron chi connectivity index (χ2n) is 6.21. The summed E-state index contributed by atoms with van der Waals surface area (Å²) in [6.07, 6.45) is 2.58. The Morgan fingerprint density at radius 2 is 1.85 bits per heavy atom. The third-order valence-electron chi connectivity index (χ3n) is 5.01. The van der Waals surface area contributed by atoms with Crippen molar-refractivity contribution < 1.29 is 23.7 Å². The van der Waals surface area contributed by atoms with Crippen molar-refractivity contribution in [2.75, 3.05) is 28.1 Å². The molecule has 2 aromatic carbocycles. The van der Waals surface area contributed by atoms with Crippen molar-refractivity contribution in [1.82, 2.24) is 4.98 Å². The van der Waals surface area contributed by atoms with E-state index < -0.39 is 0 Å². The highest BCUT2D eigenvalue weighted by Crippen LogP contribution is 2.52. The molecule has 0 radical (unpaired) electrons. The number of benzene rings is 2. The first-order valence-electron chi connectivity index (χ1n) is 8.29. The predicted octanol–water partition coefficient (Wildman–Crippen LogP) is 3.56. The van der Waals surface area contributed by atoms with Crippen LogP contribution in [-0.4, -0.2) is 33.1 Å².